The summed E-state index contributed by atoms with van der Waals surface area (Å²) in [5.74, 6) is 0.499. The zero-order valence-electron chi connectivity index (χ0n) is 12.3. The Bertz CT molecular complexity index is 238. The van der Waals surface area contributed by atoms with Crippen molar-refractivity contribution >= 4 is 0 Å². The second-order valence-electron chi connectivity index (χ2n) is 6.25. The maximum absolute atomic E-state index is 6.14. The highest BCUT2D eigenvalue weighted by molar-refractivity contribution is 4.99. The molecule has 1 aliphatic heterocycles. The molecule has 1 heterocycles. The topological polar surface area (TPSA) is 30.5 Å². The Morgan fingerprint density at radius 2 is 2.00 bits per heavy atom. The van der Waals surface area contributed by atoms with Gasteiger partial charge in [0.05, 0.1) is 17.8 Å². The zero-order valence-corrected chi connectivity index (χ0v) is 12.3. The van der Waals surface area contributed by atoms with Crippen LogP contribution in [0.25, 0.3) is 0 Å². The van der Waals surface area contributed by atoms with E-state index in [1.54, 1.807) is 0 Å². The Morgan fingerprint density at radius 3 is 2.41 bits per heavy atom. The molecular formula is C14H29NO2. The van der Waals surface area contributed by atoms with Crippen molar-refractivity contribution in [3.05, 3.63) is 0 Å². The zero-order chi connectivity index (χ0) is 13.1. The van der Waals surface area contributed by atoms with Gasteiger partial charge in [0.15, 0.2) is 0 Å². The van der Waals surface area contributed by atoms with Gasteiger partial charge in [-0.3, -0.25) is 0 Å². The van der Waals surface area contributed by atoms with Crippen molar-refractivity contribution in [3.8, 4) is 0 Å². The van der Waals surface area contributed by atoms with Crippen molar-refractivity contribution in [3.63, 3.8) is 0 Å². The van der Waals surface area contributed by atoms with Crippen LogP contribution in [0.4, 0.5) is 0 Å². The fourth-order valence-corrected chi connectivity index (χ4v) is 2.99. The Morgan fingerprint density at radius 1 is 1.35 bits per heavy atom. The minimum Gasteiger partial charge on any atom is -0.380 e. The van der Waals surface area contributed by atoms with Gasteiger partial charge in [0, 0.05) is 18.6 Å². The van der Waals surface area contributed by atoms with Gasteiger partial charge in [0.2, 0.25) is 0 Å². The molecule has 0 aromatic heterocycles. The molecule has 3 nitrogen and oxygen atoms in total. The second-order valence-corrected chi connectivity index (χ2v) is 6.25. The molecule has 17 heavy (non-hydrogen) atoms. The Balaban J connectivity index is 2.62. The van der Waals surface area contributed by atoms with E-state index in [2.05, 4.69) is 39.9 Å². The van der Waals surface area contributed by atoms with Gasteiger partial charge < -0.3 is 14.8 Å². The van der Waals surface area contributed by atoms with Gasteiger partial charge in [-0.25, -0.2) is 0 Å². The molecule has 0 aromatic rings. The Kier molecular flexibility index (Phi) is 4.99. The monoisotopic (exact) mass is 243 g/mol. The normalized spacial score (nSPS) is 28.2. The van der Waals surface area contributed by atoms with Gasteiger partial charge in [-0.15, -0.1) is 0 Å². The predicted molar refractivity (Wildman–Crippen MR) is 71.3 cm³/mol. The van der Waals surface area contributed by atoms with E-state index in [1.807, 2.05) is 7.05 Å². The van der Waals surface area contributed by atoms with Crippen molar-refractivity contribution < 1.29 is 9.47 Å². The number of hydrogen-bond acceptors (Lipinski definition) is 3. The predicted octanol–water partition coefficient (Wildman–Crippen LogP) is 2.59. The van der Waals surface area contributed by atoms with E-state index >= 15 is 0 Å². The molecule has 2 atom stereocenters. The van der Waals surface area contributed by atoms with Gasteiger partial charge in [0.25, 0.3) is 0 Å². The molecule has 1 rings (SSSR count). The number of nitrogens with one attached hydrogen (secondary N) is 1. The average molecular weight is 243 g/mol. The lowest BCUT2D eigenvalue weighted by Gasteiger charge is -2.32. The number of likely N-dealkylation sites (N-methyl/N-ethyl adjacent to an activating group) is 1. The van der Waals surface area contributed by atoms with E-state index < -0.39 is 0 Å². The summed E-state index contributed by atoms with van der Waals surface area (Å²) in [6, 6.07) is 0.373. The third kappa shape index (κ3) is 3.94. The molecule has 2 unspecified atom stereocenters. The maximum atomic E-state index is 6.14. The smallest absolute Gasteiger partial charge is 0.0678 e. The maximum Gasteiger partial charge on any atom is 0.0678 e. The molecule has 0 aliphatic carbocycles. The summed E-state index contributed by atoms with van der Waals surface area (Å²) in [5.41, 5.74) is -0.0965. The summed E-state index contributed by atoms with van der Waals surface area (Å²) in [5, 5.41) is 3.39. The van der Waals surface area contributed by atoms with Crippen molar-refractivity contribution in [2.45, 2.75) is 64.7 Å². The molecule has 0 saturated carbocycles. The van der Waals surface area contributed by atoms with E-state index in [4.69, 9.17) is 9.47 Å². The van der Waals surface area contributed by atoms with E-state index in [0.717, 1.165) is 26.1 Å². The van der Waals surface area contributed by atoms with Gasteiger partial charge in [-0.05, 0) is 47.6 Å². The van der Waals surface area contributed by atoms with E-state index in [1.165, 1.54) is 0 Å². The lowest BCUT2D eigenvalue weighted by molar-refractivity contribution is -0.0801. The second kappa shape index (κ2) is 5.68. The first-order valence-corrected chi connectivity index (χ1v) is 6.77. The summed E-state index contributed by atoms with van der Waals surface area (Å²) in [6.45, 7) is 12.5. The number of ether oxygens (including phenoxy) is 2. The van der Waals surface area contributed by atoms with Crippen LogP contribution in [0.1, 0.15) is 47.5 Å². The van der Waals surface area contributed by atoms with Crippen LogP contribution in [0.2, 0.25) is 0 Å². The quantitative estimate of drug-likeness (QED) is 0.727. The van der Waals surface area contributed by atoms with Crippen LogP contribution in [-0.2, 0) is 9.47 Å². The largest absolute Gasteiger partial charge is 0.380 e. The first-order chi connectivity index (χ1) is 7.82. The molecule has 1 aliphatic rings. The first-order valence-electron chi connectivity index (χ1n) is 6.77. The molecular weight excluding hydrogens is 214 g/mol. The van der Waals surface area contributed by atoms with Crippen LogP contribution in [0, 0.1) is 5.92 Å². The number of hydrogen-bond donors (Lipinski definition) is 1. The van der Waals surface area contributed by atoms with Gasteiger partial charge in [-0.2, -0.15) is 0 Å². The minimum atomic E-state index is -0.0766. The van der Waals surface area contributed by atoms with Crippen LogP contribution in [-0.4, -0.2) is 37.5 Å². The molecule has 1 fully saturated rings. The van der Waals surface area contributed by atoms with Crippen LogP contribution < -0.4 is 5.32 Å². The molecule has 0 radical (unpaired) electrons. The summed E-state index contributed by atoms with van der Waals surface area (Å²) in [7, 11) is 2.02. The highest BCUT2D eigenvalue weighted by Gasteiger charge is 2.48. The van der Waals surface area contributed by atoms with Crippen molar-refractivity contribution in [2.75, 3.05) is 20.3 Å². The van der Waals surface area contributed by atoms with Gasteiger partial charge in [-0.1, -0.05) is 6.92 Å². The molecule has 0 amide bonds. The fourth-order valence-electron chi connectivity index (χ4n) is 2.99. The van der Waals surface area contributed by atoms with Crippen LogP contribution in [0.5, 0.6) is 0 Å². The number of rotatable bonds is 6. The molecule has 1 saturated heterocycles. The molecule has 0 spiro atoms. The first kappa shape index (κ1) is 14.9. The van der Waals surface area contributed by atoms with Crippen LogP contribution >= 0.6 is 0 Å². The van der Waals surface area contributed by atoms with E-state index in [-0.39, 0.29) is 11.2 Å². The fraction of sp³-hybridized carbons (Fsp3) is 1.00. The Labute approximate surface area is 106 Å². The van der Waals surface area contributed by atoms with Crippen LogP contribution in [0.3, 0.4) is 0 Å². The molecule has 102 valence electrons. The lowest BCUT2D eigenvalue weighted by atomic mass is 9.82. The van der Waals surface area contributed by atoms with Gasteiger partial charge >= 0.3 is 0 Å². The van der Waals surface area contributed by atoms with Crippen molar-refractivity contribution in [2.24, 2.45) is 5.92 Å². The summed E-state index contributed by atoms with van der Waals surface area (Å²) >= 11 is 0. The molecule has 0 aromatic carbocycles. The third-order valence-corrected chi connectivity index (χ3v) is 3.65. The molecule has 0 bridgehead atoms. The minimum absolute atomic E-state index is 0.0198. The standard InChI is InChI=1S/C14H29NO2/c1-7-8-16-10-12(15-6)11-9-13(2,3)17-14(11,4)5/h11-12,15H,7-10H2,1-6H3. The highest BCUT2D eigenvalue weighted by Crippen LogP contribution is 2.43. The summed E-state index contributed by atoms with van der Waals surface area (Å²) < 4.78 is 11.8. The van der Waals surface area contributed by atoms with E-state index in [0.29, 0.717) is 12.0 Å². The lowest BCUT2D eigenvalue weighted by Crippen LogP contribution is -2.45. The van der Waals surface area contributed by atoms with Gasteiger partial charge in [0.1, 0.15) is 0 Å². The summed E-state index contributed by atoms with van der Waals surface area (Å²) in [4.78, 5) is 0. The highest BCUT2D eigenvalue weighted by atomic mass is 16.5. The van der Waals surface area contributed by atoms with E-state index in [9.17, 15) is 0 Å². The SMILES string of the molecule is CCCOCC(NC)C1CC(C)(C)OC1(C)C. The Hall–Kier alpha value is -0.120. The molecule has 3 heteroatoms. The van der Waals surface area contributed by atoms with Crippen LogP contribution in [0.15, 0.2) is 0 Å². The average Bonchev–Trinajstić information content (AvgIpc) is 2.42. The van der Waals surface area contributed by atoms with Crippen molar-refractivity contribution in [1.82, 2.24) is 5.32 Å². The third-order valence-electron chi connectivity index (χ3n) is 3.65. The molecule has 1 N–H and O–H groups in total. The van der Waals surface area contributed by atoms with Crippen molar-refractivity contribution in [1.29, 1.82) is 0 Å². The summed E-state index contributed by atoms with van der Waals surface area (Å²) in [6.07, 6.45) is 2.16.